The summed E-state index contributed by atoms with van der Waals surface area (Å²) >= 11 is 0. The number of hydrogen-bond acceptors (Lipinski definition) is 3. The van der Waals surface area contributed by atoms with Crippen molar-refractivity contribution in [1.82, 2.24) is 9.97 Å². The van der Waals surface area contributed by atoms with Crippen LogP contribution >= 0.6 is 0 Å². The summed E-state index contributed by atoms with van der Waals surface area (Å²) < 4.78 is 6.50. The van der Waals surface area contributed by atoms with Crippen molar-refractivity contribution in [2.75, 3.05) is 0 Å². The molecule has 0 spiro atoms. The zero-order valence-corrected chi connectivity index (χ0v) is 27.1. The number of hydrogen-bond donors (Lipinski definition) is 0. The molecule has 3 nitrogen and oxygen atoms in total. The van der Waals surface area contributed by atoms with Crippen LogP contribution in [0.4, 0.5) is 0 Å². The molecule has 4 rings (SSSR count). The van der Waals surface area contributed by atoms with E-state index in [0.29, 0.717) is 0 Å². The third kappa shape index (κ3) is 10.1. The van der Waals surface area contributed by atoms with Gasteiger partial charge in [-0.05, 0) is 98.3 Å². The Kier molecular flexibility index (Phi) is 13.5. The third-order valence-corrected chi connectivity index (χ3v) is 10.2. The molecule has 2 saturated carbocycles. The van der Waals surface area contributed by atoms with Crippen LogP contribution in [0.1, 0.15) is 153 Å². The van der Waals surface area contributed by atoms with E-state index < -0.39 is 0 Å². The Hall–Kier alpha value is -1.90. The molecule has 2 aliphatic carbocycles. The lowest BCUT2D eigenvalue weighted by atomic mass is 9.77. The predicted molar refractivity (Wildman–Crippen MR) is 174 cm³/mol. The fourth-order valence-corrected chi connectivity index (χ4v) is 7.61. The third-order valence-electron chi connectivity index (χ3n) is 10.2. The van der Waals surface area contributed by atoms with Crippen molar-refractivity contribution in [3.8, 4) is 11.5 Å². The molecule has 0 atom stereocenters. The first-order valence-corrected chi connectivity index (χ1v) is 17.7. The van der Waals surface area contributed by atoms with Crippen molar-refractivity contribution in [1.29, 1.82) is 0 Å². The molecule has 0 bridgehead atoms. The lowest BCUT2D eigenvalue weighted by Gasteiger charge is -2.29. The Labute approximate surface area is 252 Å². The van der Waals surface area contributed by atoms with Crippen molar-refractivity contribution in [2.45, 2.75) is 156 Å². The lowest BCUT2D eigenvalue weighted by molar-refractivity contribution is 0.258. The Morgan fingerprint density at radius 2 is 0.951 bits per heavy atom. The number of pyridine rings is 2. The smallest absolute Gasteiger partial charge is 0.146 e. The van der Waals surface area contributed by atoms with E-state index >= 15 is 0 Å². The molecular formula is C38H60N2O. The summed E-state index contributed by atoms with van der Waals surface area (Å²) in [5, 5.41) is 0. The zero-order valence-electron chi connectivity index (χ0n) is 27.1. The van der Waals surface area contributed by atoms with Crippen molar-refractivity contribution in [3.05, 3.63) is 47.0 Å². The molecule has 0 amide bonds. The zero-order chi connectivity index (χ0) is 28.9. The lowest BCUT2D eigenvalue weighted by Crippen LogP contribution is -2.17. The average Bonchev–Trinajstić information content (AvgIpc) is 2.99. The van der Waals surface area contributed by atoms with Gasteiger partial charge in [0.1, 0.15) is 11.5 Å². The minimum Gasteiger partial charge on any atom is -0.454 e. The van der Waals surface area contributed by atoms with E-state index in [-0.39, 0.29) is 0 Å². The van der Waals surface area contributed by atoms with Crippen LogP contribution in [0, 0.1) is 23.7 Å². The largest absolute Gasteiger partial charge is 0.454 e. The SMILES string of the molecule is CCCCC1CCC(Cc2cc(Oc3cnc(CCC)c(CC4CCC(CCCC)CC4)c3)cnc2CCC)CC1. The van der Waals surface area contributed by atoms with Gasteiger partial charge in [0, 0.05) is 11.4 Å². The summed E-state index contributed by atoms with van der Waals surface area (Å²) in [4.78, 5) is 9.86. The van der Waals surface area contributed by atoms with Gasteiger partial charge < -0.3 is 4.74 Å². The van der Waals surface area contributed by atoms with Crippen LogP contribution in [0.3, 0.4) is 0 Å². The van der Waals surface area contributed by atoms with E-state index in [2.05, 4.69) is 39.8 Å². The number of rotatable bonds is 16. The van der Waals surface area contributed by atoms with Gasteiger partial charge in [0.2, 0.25) is 0 Å². The van der Waals surface area contributed by atoms with Crippen molar-refractivity contribution in [3.63, 3.8) is 0 Å². The number of aryl methyl sites for hydroxylation is 2. The van der Waals surface area contributed by atoms with Crippen LogP contribution in [0.2, 0.25) is 0 Å². The summed E-state index contributed by atoms with van der Waals surface area (Å²) in [6.45, 7) is 9.16. The Bertz CT molecular complexity index is 935. The van der Waals surface area contributed by atoms with Gasteiger partial charge in [0.25, 0.3) is 0 Å². The Morgan fingerprint density at radius 1 is 0.561 bits per heavy atom. The quantitative estimate of drug-likeness (QED) is 0.205. The molecule has 2 heterocycles. The molecule has 0 unspecified atom stereocenters. The van der Waals surface area contributed by atoms with Crippen LogP contribution in [0.5, 0.6) is 11.5 Å². The molecule has 0 saturated heterocycles. The highest BCUT2D eigenvalue weighted by Crippen LogP contribution is 2.37. The molecule has 0 N–H and O–H groups in total. The monoisotopic (exact) mass is 560 g/mol. The number of ether oxygens (including phenoxy) is 1. The Balaban J connectivity index is 1.41. The fraction of sp³-hybridized carbons (Fsp3) is 0.737. The fourth-order valence-electron chi connectivity index (χ4n) is 7.61. The molecule has 2 fully saturated rings. The normalized spacial score (nSPS) is 23.0. The van der Waals surface area contributed by atoms with Gasteiger partial charge in [-0.25, -0.2) is 0 Å². The minimum absolute atomic E-state index is 0.791. The maximum absolute atomic E-state index is 6.50. The molecule has 0 aliphatic heterocycles. The maximum atomic E-state index is 6.50. The minimum atomic E-state index is 0.791. The van der Waals surface area contributed by atoms with Gasteiger partial charge in [-0.2, -0.15) is 0 Å². The summed E-state index contributed by atoms with van der Waals surface area (Å²) in [6, 6.07) is 4.61. The molecule has 2 aromatic rings. The number of aromatic nitrogens is 2. The van der Waals surface area contributed by atoms with Gasteiger partial charge in [-0.1, -0.05) is 105 Å². The Morgan fingerprint density at radius 3 is 1.32 bits per heavy atom. The second-order valence-corrected chi connectivity index (χ2v) is 13.6. The van der Waals surface area contributed by atoms with Crippen molar-refractivity contribution >= 4 is 0 Å². The van der Waals surface area contributed by atoms with E-state index in [1.165, 1.54) is 112 Å². The van der Waals surface area contributed by atoms with Gasteiger partial charge in [0.05, 0.1) is 12.4 Å². The second kappa shape index (κ2) is 17.3. The highest BCUT2D eigenvalue weighted by molar-refractivity contribution is 5.36. The molecule has 41 heavy (non-hydrogen) atoms. The molecule has 0 aromatic carbocycles. The molecule has 2 aliphatic rings. The average molecular weight is 561 g/mol. The standard InChI is InChI=1S/C38H60N2O/c1-5-9-13-29-15-19-31(20-16-29)23-33-25-35(27-39-37(33)11-7-3)41-36-26-34(38(12-8-4)40-28-36)24-32-21-17-30(18-22-32)14-10-6-2/h25-32H,5-24H2,1-4H3. The van der Waals surface area contributed by atoms with Crippen LogP contribution in [0.25, 0.3) is 0 Å². The first-order chi connectivity index (χ1) is 20.1. The second-order valence-electron chi connectivity index (χ2n) is 13.6. The van der Waals surface area contributed by atoms with Crippen LogP contribution in [-0.4, -0.2) is 9.97 Å². The summed E-state index contributed by atoms with van der Waals surface area (Å²) in [5.74, 6) is 5.26. The number of nitrogens with zero attached hydrogens (tertiary/aromatic N) is 2. The summed E-state index contributed by atoms with van der Waals surface area (Å²) in [7, 11) is 0. The van der Waals surface area contributed by atoms with E-state index in [1.807, 2.05) is 12.4 Å². The first-order valence-electron chi connectivity index (χ1n) is 17.7. The van der Waals surface area contributed by atoms with Crippen LogP contribution in [-0.2, 0) is 25.7 Å². The van der Waals surface area contributed by atoms with Crippen molar-refractivity contribution < 1.29 is 4.74 Å². The van der Waals surface area contributed by atoms with Crippen LogP contribution in [0.15, 0.2) is 24.5 Å². The van der Waals surface area contributed by atoms with Crippen molar-refractivity contribution in [2.24, 2.45) is 23.7 Å². The highest BCUT2D eigenvalue weighted by Gasteiger charge is 2.24. The maximum Gasteiger partial charge on any atom is 0.146 e. The van der Waals surface area contributed by atoms with Gasteiger partial charge in [-0.15, -0.1) is 0 Å². The molecule has 0 radical (unpaired) electrons. The van der Waals surface area contributed by atoms with Gasteiger partial charge in [-0.3, -0.25) is 9.97 Å². The van der Waals surface area contributed by atoms with Crippen LogP contribution < -0.4 is 4.74 Å². The highest BCUT2D eigenvalue weighted by atomic mass is 16.5. The number of unbranched alkanes of at least 4 members (excludes halogenated alkanes) is 2. The topological polar surface area (TPSA) is 35.0 Å². The molecule has 228 valence electrons. The molecule has 3 heteroatoms. The van der Waals surface area contributed by atoms with E-state index in [0.717, 1.165) is 73.7 Å². The van der Waals surface area contributed by atoms with Gasteiger partial charge in [0.15, 0.2) is 0 Å². The van der Waals surface area contributed by atoms with E-state index in [4.69, 9.17) is 14.7 Å². The molecule has 2 aromatic heterocycles. The first kappa shape index (κ1) is 32.0. The summed E-state index contributed by atoms with van der Waals surface area (Å²) in [5.41, 5.74) is 5.38. The van der Waals surface area contributed by atoms with E-state index in [1.54, 1.807) is 0 Å². The van der Waals surface area contributed by atoms with Gasteiger partial charge >= 0.3 is 0 Å². The predicted octanol–water partition coefficient (Wildman–Crippen LogP) is 11.3. The molecular weight excluding hydrogens is 500 g/mol. The van der Waals surface area contributed by atoms with E-state index in [9.17, 15) is 0 Å². The summed E-state index contributed by atoms with van der Waals surface area (Å²) in [6.07, 6.45) is 30.1.